The van der Waals surface area contributed by atoms with Crippen LogP contribution in [0.2, 0.25) is 5.02 Å². The standard InChI is InChI=1S/C21H16ClF3N2O2S/c1-11-3-4-13(9-12(11)2)17-7-8-18(29-17)19(28)27-20(30)26-16-10-14(21(23,24)25)5-6-15(16)22/h3-10H,1-2H3,(H2,26,27,28,30). The van der Waals surface area contributed by atoms with Crippen molar-refractivity contribution in [2.24, 2.45) is 0 Å². The number of carbonyl (C=O) groups is 1. The Morgan fingerprint density at radius 2 is 1.77 bits per heavy atom. The van der Waals surface area contributed by atoms with Gasteiger partial charge in [0.15, 0.2) is 10.9 Å². The summed E-state index contributed by atoms with van der Waals surface area (Å²) in [7, 11) is 0. The molecule has 0 saturated heterocycles. The maximum absolute atomic E-state index is 12.9. The maximum atomic E-state index is 12.9. The molecule has 3 rings (SSSR count). The molecule has 1 amide bonds. The van der Waals surface area contributed by atoms with Crippen LogP contribution in [0.3, 0.4) is 0 Å². The molecule has 0 aliphatic carbocycles. The Hall–Kier alpha value is -2.84. The quantitative estimate of drug-likeness (QED) is 0.454. The van der Waals surface area contributed by atoms with Gasteiger partial charge in [0.1, 0.15) is 5.76 Å². The van der Waals surface area contributed by atoms with E-state index in [0.29, 0.717) is 5.76 Å². The molecule has 2 aromatic carbocycles. The van der Waals surface area contributed by atoms with E-state index < -0.39 is 17.6 Å². The van der Waals surface area contributed by atoms with Gasteiger partial charge in [0.25, 0.3) is 5.91 Å². The molecule has 2 N–H and O–H groups in total. The van der Waals surface area contributed by atoms with Gasteiger partial charge in [-0.05, 0) is 73.6 Å². The molecule has 0 aliphatic heterocycles. The van der Waals surface area contributed by atoms with E-state index in [2.05, 4.69) is 10.6 Å². The molecule has 1 heterocycles. The van der Waals surface area contributed by atoms with Crippen molar-refractivity contribution in [2.45, 2.75) is 20.0 Å². The van der Waals surface area contributed by atoms with Crippen molar-refractivity contribution in [3.8, 4) is 11.3 Å². The van der Waals surface area contributed by atoms with Crippen LogP contribution in [0, 0.1) is 13.8 Å². The molecule has 0 saturated carbocycles. The zero-order valence-corrected chi connectivity index (χ0v) is 17.4. The molecule has 0 bridgehead atoms. The lowest BCUT2D eigenvalue weighted by Gasteiger charge is -2.13. The van der Waals surface area contributed by atoms with Gasteiger partial charge in [-0.25, -0.2) is 0 Å². The molecule has 0 unspecified atom stereocenters. The third kappa shape index (κ3) is 5.01. The summed E-state index contributed by atoms with van der Waals surface area (Å²) in [6, 6.07) is 11.7. The average Bonchev–Trinajstić information content (AvgIpc) is 3.15. The Morgan fingerprint density at radius 1 is 1.03 bits per heavy atom. The van der Waals surface area contributed by atoms with Gasteiger partial charge in [0, 0.05) is 5.56 Å². The highest BCUT2D eigenvalue weighted by molar-refractivity contribution is 7.80. The SMILES string of the molecule is Cc1ccc(-c2ccc(C(=O)NC(=S)Nc3cc(C(F)(F)F)ccc3Cl)o2)cc1C. The number of rotatable bonds is 3. The summed E-state index contributed by atoms with van der Waals surface area (Å²) in [6.45, 7) is 3.96. The summed E-state index contributed by atoms with van der Waals surface area (Å²) in [6.07, 6.45) is -4.54. The summed E-state index contributed by atoms with van der Waals surface area (Å²) >= 11 is 10.9. The number of halogens is 4. The number of thiocarbonyl (C=S) groups is 1. The van der Waals surface area contributed by atoms with Crippen LogP contribution in [0.15, 0.2) is 52.9 Å². The van der Waals surface area contributed by atoms with E-state index in [0.717, 1.165) is 34.9 Å². The topological polar surface area (TPSA) is 54.3 Å². The monoisotopic (exact) mass is 452 g/mol. The van der Waals surface area contributed by atoms with Crippen molar-refractivity contribution >= 4 is 40.5 Å². The molecule has 0 radical (unpaired) electrons. The molecular weight excluding hydrogens is 437 g/mol. The largest absolute Gasteiger partial charge is 0.451 e. The summed E-state index contributed by atoms with van der Waals surface area (Å²) in [4.78, 5) is 12.4. The second-order valence-corrected chi connectivity index (χ2v) is 7.38. The zero-order chi connectivity index (χ0) is 22.1. The third-order valence-electron chi connectivity index (χ3n) is 4.39. The number of alkyl halides is 3. The fourth-order valence-electron chi connectivity index (χ4n) is 2.63. The number of anilines is 1. The zero-order valence-electron chi connectivity index (χ0n) is 15.9. The van der Waals surface area contributed by atoms with Crippen molar-refractivity contribution in [3.63, 3.8) is 0 Å². The van der Waals surface area contributed by atoms with Crippen LogP contribution in [0.1, 0.15) is 27.2 Å². The fraction of sp³-hybridized carbons (Fsp3) is 0.143. The van der Waals surface area contributed by atoms with E-state index in [4.69, 9.17) is 28.2 Å². The number of amides is 1. The Balaban J connectivity index is 1.70. The first-order valence-electron chi connectivity index (χ1n) is 8.71. The fourth-order valence-corrected chi connectivity index (χ4v) is 2.99. The third-order valence-corrected chi connectivity index (χ3v) is 4.92. The van der Waals surface area contributed by atoms with Crippen LogP contribution in [-0.2, 0) is 6.18 Å². The maximum Gasteiger partial charge on any atom is 0.416 e. The minimum atomic E-state index is -4.54. The predicted molar refractivity (Wildman–Crippen MR) is 114 cm³/mol. The van der Waals surface area contributed by atoms with Crippen LogP contribution in [-0.4, -0.2) is 11.0 Å². The number of aryl methyl sites for hydroxylation is 2. The van der Waals surface area contributed by atoms with Crippen LogP contribution in [0.5, 0.6) is 0 Å². The molecule has 9 heteroatoms. The lowest BCUT2D eigenvalue weighted by Crippen LogP contribution is -2.34. The van der Waals surface area contributed by atoms with E-state index in [1.807, 2.05) is 32.0 Å². The lowest BCUT2D eigenvalue weighted by atomic mass is 10.1. The Kier molecular flexibility index (Phi) is 6.19. The van der Waals surface area contributed by atoms with Gasteiger partial charge in [-0.15, -0.1) is 0 Å². The van der Waals surface area contributed by atoms with Gasteiger partial charge in [-0.2, -0.15) is 13.2 Å². The molecule has 1 aromatic heterocycles. The molecule has 156 valence electrons. The minimum Gasteiger partial charge on any atom is -0.451 e. The highest BCUT2D eigenvalue weighted by Gasteiger charge is 2.31. The normalized spacial score (nSPS) is 11.3. The average molecular weight is 453 g/mol. The summed E-state index contributed by atoms with van der Waals surface area (Å²) in [5.41, 5.74) is 2.06. The van der Waals surface area contributed by atoms with Crippen LogP contribution in [0.4, 0.5) is 18.9 Å². The number of carbonyl (C=O) groups excluding carboxylic acids is 1. The van der Waals surface area contributed by atoms with Crippen molar-refractivity contribution in [1.29, 1.82) is 0 Å². The van der Waals surface area contributed by atoms with E-state index >= 15 is 0 Å². The van der Waals surface area contributed by atoms with Gasteiger partial charge in [-0.1, -0.05) is 23.7 Å². The van der Waals surface area contributed by atoms with E-state index in [-0.39, 0.29) is 21.6 Å². The number of nitrogens with one attached hydrogen (secondary N) is 2. The molecule has 3 aromatic rings. The molecule has 0 atom stereocenters. The van der Waals surface area contributed by atoms with Gasteiger partial charge >= 0.3 is 6.18 Å². The Bertz CT molecular complexity index is 1130. The molecule has 30 heavy (non-hydrogen) atoms. The Morgan fingerprint density at radius 3 is 2.43 bits per heavy atom. The summed E-state index contributed by atoms with van der Waals surface area (Å²) in [5.74, 6) is -0.142. The Labute approximate surface area is 181 Å². The summed E-state index contributed by atoms with van der Waals surface area (Å²) in [5, 5.41) is 4.67. The first-order valence-corrected chi connectivity index (χ1v) is 9.50. The van der Waals surface area contributed by atoms with Crippen molar-refractivity contribution < 1.29 is 22.4 Å². The smallest absolute Gasteiger partial charge is 0.416 e. The molecular formula is C21H16ClF3N2O2S. The number of furan rings is 1. The second kappa shape index (κ2) is 8.49. The molecule has 0 fully saturated rings. The summed E-state index contributed by atoms with van der Waals surface area (Å²) < 4.78 is 44.2. The first kappa shape index (κ1) is 21.9. The first-order chi connectivity index (χ1) is 14.0. The minimum absolute atomic E-state index is 0.00233. The molecule has 4 nitrogen and oxygen atoms in total. The van der Waals surface area contributed by atoms with Crippen molar-refractivity contribution in [1.82, 2.24) is 5.32 Å². The van der Waals surface area contributed by atoms with Crippen LogP contribution in [0.25, 0.3) is 11.3 Å². The highest BCUT2D eigenvalue weighted by Crippen LogP contribution is 2.33. The molecule has 0 aliphatic rings. The highest BCUT2D eigenvalue weighted by atomic mass is 35.5. The second-order valence-electron chi connectivity index (χ2n) is 6.56. The molecule has 0 spiro atoms. The van der Waals surface area contributed by atoms with Crippen molar-refractivity contribution in [2.75, 3.05) is 5.32 Å². The van der Waals surface area contributed by atoms with E-state index in [1.54, 1.807) is 6.07 Å². The number of hydrogen-bond acceptors (Lipinski definition) is 3. The van der Waals surface area contributed by atoms with Crippen molar-refractivity contribution in [3.05, 3.63) is 76.0 Å². The van der Waals surface area contributed by atoms with Gasteiger partial charge in [-0.3, -0.25) is 10.1 Å². The van der Waals surface area contributed by atoms with Gasteiger partial charge in [0.2, 0.25) is 0 Å². The number of benzene rings is 2. The van der Waals surface area contributed by atoms with Crippen LogP contribution < -0.4 is 10.6 Å². The van der Waals surface area contributed by atoms with E-state index in [1.165, 1.54) is 6.07 Å². The van der Waals surface area contributed by atoms with Gasteiger partial charge in [0.05, 0.1) is 16.3 Å². The van der Waals surface area contributed by atoms with E-state index in [9.17, 15) is 18.0 Å². The van der Waals surface area contributed by atoms with Crippen LogP contribution >= 0.6 is 23.8 Å². The lowest BCUT2D eigenvalue weighted by molar-refractivity contribution is -0.137. The predicted octanol–water partition coefficient (Wildman–Crippen LogP) is 6.36. The number of hydrogen-bond donors (Lipinski definition) is 2. The van der Waals surface area contributed by atoms with Gasteiger partial charge < -0.3 is 9.73 Å².